The number of primary amides is 1. The first-order valence-electron chi connectivity index (χ1n) is 12.3. The third-order valence-corrected chi connectivity index (χ3v) is 8.81. The summed E-state index contributed by atoms with van der Waals surface area (Å²) in [7, 11) is -3.47. The number of halogens is 2. The number of hydrogen-bond donors (Lipinski definition) is 3. The van der Waals surface area contributed by atoms with Crippen molar-refractivity contribution >= 4 is 51.3 Å². The minimum Gasteiger partial charge on any atom is -0.364 e. The first-order valence-corrected chi connectivity index (χ1v) is 14.4. The van der Waals surface area contributed by atoms with Gasteiger partial charge in [-0.2, -0.15) is 5.10 Å². The van der Waals surface area contributed by atoms with Gasteiger partial charge in [0.05, 0.1) is 32.6 Å². The molecule has 1 aromatic heterocycles. The van der Waals surface area contributed by atoms with Crippen LogP contribution < -0.4 is 16.8 Å². The van der Waals surface area contributed by atoms with E-state index in [1.165, 1.54) is 12.1 Å². The Hall–Kier alpha value is -3.70. The van der Waals surface area contributed by atoms with Gasteiger partial charge in [-0.25, -0.2) is 13.1 Å². The summed E-state index contributed by atoms with van der Waals surface area (Å²) in [5.74, 6) is -1.05. The number of sulfone groups is 1. The lowest BCUT2D eigenvalue weighted by atomic mass is 9.88. The average Bonchev–Trinajstić information content (AvgIpc) is 3.33. The van der Waals surface area contributed by atoms with Crippen molar-refractivity contribution in [3.63, 3.8) is 0 Å². The van der Waals surface area contributed by atoms with E-state index < -0.39 is 15.7 Å². The Labute approximate surface area is 242 Å². The van der Waals surface area contributed by atoms with Crippen molar-refractivity contribution in [1.82, 2.24) is 9.78 Å². The van der Waals surface area contributed by atoms with Gasteiger partial charge >= 0.3 is 0 Å². The molecule has 1 aliphatic rings. The molecule has 5 N–H and O–H groups in total. The molecule has 0 saturated carbocycles. The predicted molar refractivity (Wildman–Crippen MR) is 157 cm³/mol. The van der Waals surface area contributed by atoms with Gasteiger partial charge in [0.1, 0.15) is 0 Å². The van der Waals surface area contributed by atoms with Crippen molar-refractivity contribution < 1.29 is 18.0 Å². The minimum absolute atomic E-state index is 0. The Kier molecular flexibility index (Phi) is 8.65. The van der Waals surface area contributed by atoms with Gasteiger partial charge in [-0.05, 0) is 79.9 Å². The number of anilines is 1. The normalized spacial score (nSPS) is 12.2. The molecule has 3 aromatic carbocycles. The molecule has 2 amide bonds. The van der Waals surface area contributed by atoms with Crippen molar-refractivity contribution in [3.8, 4) is 16.9 Å². The van der Waals surface area contributed by atoms with Crippen molar-refractivity contribution in [1.29, 1.82) is 0 Å². The fraction of sp³-hybridized carbons (Fsp3) is 0.179. The summed E-state index contributed by atoms with van der Waals surface area (Å²) in [4.78, 5) is 25.4. The molecule has 0 unspecified atom stereocenters. The van der Waals surface area contributed by atoms with Crippen molar-refractivity contribution in [3.05, 3.63) is 94.1 Å². The van der Waals surface area contributed by atoms with Crippen LogP contribution in [0.2, 0.25) is 5.02 Å². The van der Waals surface area contributed by atoms with E-state index in [9.17, 15) is 18.0 Å². The summed E-state index contributed by atoms with van der Waals surface area (Å²) >= 11 is 6.19. The van der Waals surface area contributed by atoms with E-state index in [0.717, 1.165) is 11.1 Å². The molecule has 12 heteroatoms. The van der Waals surface area contributed by atoms with Crippen LogP contribution in [0.4, 0.5) is 5.69 Å². The number of fused-ring (bicyclic) bond motifs is 3. The summed E-state index contributed by atoms with van der Waals surface area (Å²) < 4.78 is 26.8. The monoisotopic (exact) mass is 599 g/mol. The number of carbonyl (C=O) groups is 2. The molecule has 0 spiro atoms. The zero-order valence-electron chi connectivity index (χ0n) is 21.3. The third kappa shape index (κ3) is 5.62. The first kappa shape index (κ1) is 29.3. The number of nitrogens with one attached hydrogen (secondary N) is 1. The molecule has 0 atom stereocenters. The number of rotatable bonds is 8. The molecule has 5 rings (SSSR count). The summed E-state index contributed by atoms with van der Waals surface area (Å²) in [6.45, 7) is 0.285. The second-order valence-electron chi connectivity index (χ2n) is 9.21. The highest BCUT2D eigenvalue weighted by molar-refractivity contribution is 7.91. The molecule has 9 nitrogen and oxygen atoms in total. The van der Waals surface area contributed by atoms with E-state index >= 15 is 0 Å². The minimum atomic E-state index is -3.47. The van der Waals surface area contributed by atoms with Gasteiger partial charge in [-0.1, -0.05) is 29.8 Å². The fourth-order valence-corrected chi connectivity index (χ4v) is 6.29. The SMILES string of the molecule is Cl.NCCCS(=O)(=O)c1ccc(-n2nc(C(N)=O)c3c2-c2cc(NC(=O)c4ccccc4Cl)ccc2CC3)cc1. The van der Waals surface area contributed by atoms with Crippen molar-refractivity contribution in [2.45, 2.75) is 24.2 Å². The van der Waals surface area contributed by atoms with Crippen LogP contribution in [0.5, 0.6) is 0 Å². The van der Waals surface area contributed by atoms with Gasteiger partial charge in [-0.15, -0.1) is 12.4 Å². The molecule has 4 aromatic rings. The Bertz CT molecular complexity index is 1700. The molecule has 0 radical (unpaired) electrons. The predicted octanol–water partition coefficient (Wildman–Crippen LogP) is 4.19. The van der Waals surface area contributed by atoms with Gasteiger partial charge in [0.15, 0.2) is 15.5 Å². The molecule has 1 aliphatic carbocycles. The molecule has 0 fully saturated rings. The van der Waals surface area contributed by atoms with Crippen LogP contribution in [0, 0.1) is 0 Å². The molecular formula is C28H27Cl2N5O4S. The van der Waals surface area contributed by atoms with E-state index in [0.29, 0.717) is 52.5 Å². The van der Waals surface area contributed by atoms with Crippen LogP contribution in [0.25, 0.3) is 16.9 Å². The number of carbonyl (C=O) groups excluding carboxylic acids is 2. The van der Waals surface area contributed by atoms with Crippen LogP contribution in [-0.2, 0) is 22.7 Å². The van der Waals surface area contributed by atoms with Crippen LogP contribution in [-0.4, -0.2) is 42.3 Å². The number of hydrogen-bond acceptors (Lipinski definition) is 6. The number of nitrogens with two attached hydrogens (primary N) is 2. The Morgan fingerprint density at radius 1 is 1.02 bits per heavy atom. The topological polar surface area (TPSA) is 150 Å². The highest BCUT2D eigenvalue weighted by Gasteiger charge is 2.29. The van der Waals surface area contributed by atoms with Crippen LogP contribution in [0.3, 0.4) is 0 Å². The molecule has 208 valence electrons. The zero-order valence-corrected chi connectivity index (χ0v) is 23.7. The lowest BCUT2D eigenvalue weighted by Gasteiger charge is -2.20. The number of amides is 2. The van der Waals surface area contributed by atoms with E-state index in [-0.39, 0.29) is 41.2 Å². The Morgan fingerprint density at radius 2 is 1.75 bits per heavy atom. The maximum atomic E-state index is 12.9. The molecule has 0 bridgehead atoms. The van der Waals surface area contributed by atoms with Gasteiger partial charge in [0.2, 0.25) is 0 Å². The summed E-state index contributed by atoms with van der Waals surface area (Å²) in [5.41, 5.74) is 15.9. The largest absolute Gasteiger partial charge is 0.364 e. The highest BCUT2D eigenvalue weighted by Crippen LogP contribution is 2.38. The lowest BCUT2D eigenvalue weighted by molar-refractivity contribution is 0.0992. The van der Waals surface area contributed by atoms with Gasteiger partial charge in [0.25, 0.3) is 11.8 Å². The van der Waals surface area contributed by atoms with Crippen molar-refractivity contribution in [2.75, 3.05) is 17.6 Å². The third-order valence-electron chi connectivity index (χ3n) is 6.66. The van der Waals surface area contributed by atoms with E-state index in [2.05, 4.69) is 10.4 Å². The van der Waals surface area contributed by atoms with Gasteiger partial charge in [0, 0.05) is 16.8 Å². The quantitative estimate of drug-likeness (QED) is 0.276. The van der Waals surface area contributed by atoms with E-state index in [1.54, 1.807) is 41.1 Å². The molecular weight excluding hydrogens is 573 g/mol. The maximum absolute atomic E-state index is 12.9. The average molecular weight is 601 g/mol. The summed E-state index contributed by atoms with van der Waals surface area (Å²) in [6.07, 6.45) is 1.58. The first-order chi connectivity index (χ1) is 18.7. The van der Waals surface area contributed by atoms with Crippen LogP contribution >= 0.6 is 24.0 Å². The smallest absolute Gasteiger partial charge is 0.269 e. The van der Waals surface area contributed by atoms with Crippen molar-refractivity contribution in [2.24, 2.45) is 11.5 Å². The second kappa shape index (κ2) is 11.8. The maximum Gasteiger partial charge on any atom is 0.269 e. The summed E-state index contributed by atoms with van der Waals surface area (Å²) in [5, 5.41) is 7.75. The number of aryl methyl sites for hydroxylation is 1. The Balaban J connectivity index is 0.00000370. The lowest BCUT2D eigenvalue weighted by Crippen LogP contribution is -2.15. The number of nitrogens with zero attached hydrogens (tertiary/aromatic N) is 2. The highest BCUT2D eigenvalue weighted by atomic mass is 35.5. The molecule has 1 heterocycles. The van der Waals surface area contributed by atoms with E-state index in [1.807, 2.05) is 18.2 Å². The Morgan fingerprint density at radius 3 is 2.42 bits per heavy atom. The van der Waals surface area contributed by atoms with Gasteiger partial charge in [-0.3, -0.25) is 9.59 Å². The van der Waals surface area contributed by atoms with E-state index in [4.69, 9.17) is 23.1 Å². The zero-order chi connectivity index (χ0) is 27.7. The molecule has 40 heavy (non-hydrogen) atoms. The number of aromatic nitrogens is 2. The van der Waals surface area contributed by atoms with Gasteiger partial charge < -0.3 is 16.8 Å². The number of benzene rings is 3. The summed E-state index contributed by atoms with van der Waals surface area (Å²) in [6, 6.07) is 18.7. The fourth-order valence-electron chi connectivity index (χ4n) is 4.73. The standard InChI is InChI=1S/C28H26ClN5O4S.ClH/c29-24-5-2-1-4-21(24)28(36)32-18-8-6-17-7-13-22-25(27(31)35)33-34(26(22)23(17)16-18)19-9-11-20(12-10-19)39(37,38)15-3-14-30;/h1-2,4-6,8-12,16H,3,7,13-15,30H2,(H2,31,35)(H,32,36);1H. The second-order valence-corrected chi connectivity index (χ2v) is 11.7. The van der Waals surface area contributed by atoms with Crippen LogP contribution in [0.15, 0.2) is 71.6 Å². The molecule has 0 aliphatic heterocycles. The molecule has 0 saturated heterocycles. The van der Waals surface area contributed by atoms with Crippen LogP contribution in [0.1, 0.15) is 38.4 Å².